The SMILES string of the molecule is CN(C)CCNC(=O)Cn1cc(NC(=O)CCC2CCNCC2)cn1. The maximum absolute atomic E-state index is 12.0. The molecule has 1 aromatic rings. The Bertz CT molecular complexity index is 551. The molecular weight excluding hydrogens is 320 g/mol. The number of carbonyl (C=O) groups excluding carboxylic acids is 2. The zero-order valence-corrected chi connectivity index (χ0v) is 15.3. The van der Waals surface area contributed by atoms with E-state index >= 15 is 0 Å². The summed E-state index contributed by atoms with van der Waals surface area (Å²) in [7, 11) is 3.92. The van der Waals surface area contributed by atoms with Gasteiger partial charge in [0.2, 0.25) is 11.8 Å². The summed E-state index contributed by atoms with van der Waals surface area (Å²) < 4.78 is 1.54. The van der Waals surface area contributed by atoms with Gasteiger partial charge in [-0.25, -0.2) is 0 Å². The number of carbonyl (C=O) groups is 2. The molecule has 0 atom stereocenters. The van der Waals surface area contributed by atoms with Crippen LogP contribution in [0, 0.1) is 5.92 Å². The van der Waals surface area contributed by atoms with Gasteiger partial charge in [0.15, 0.2) is 0 Å². The number of amides is 2. The largest absolute Gasteiger partial charge is 0.353 e. The lowest BCUT2D eigenvalue weighted by Gasteiger charge is -2.22. The lowest BCUT2D eigenvalue weighted by molar-refractivity contribution is -0.121. The molecular formula is C17H30N6O2. The highest BCUT2D eigenvalue weighted by Gasteiger charge is 2.15. The van der Waals surface area contributed by atoms with Crippen molar-refractivity contribution in [1.29, 1.82) is 0 Å². The highest BCUT2D eigenvalue weighted by molar-refractivity contribution is 5.90. The summed E-state index contributed by atoms with van der Waals surface area (Å²) in [5.41, 5.74) is 0.636. The lowest BCUT2D eigenvalue weighted by atomic mass is 9.93. The third-order valence-corrected chi connectivity index (χ3v) is 4.34. The van der Waals surface area contributed by atoms with Gasteiger partial charge < -0.3 is 20.9 Å². The average molecular weight is 350 g/mol. The van der Waals surface area contributed by atoms with Crippen LogP contribution >= 0.6 is 0 Å². The van der Waals surface area contributed by atoms with Crippen LogP contribution in [0.4, 0.5) is 5.69 Å². The Labute approximate surface area is 149 Å². The van der Waals surface area contributed by atoms with Crippen molar-refractivity contribution in [3.05, 3.63) is 12.4 Å². The number of nitrogens with zero attached hydrogens (tertiary/aromatic N) is 3. The predicted molar refractivity (Wildman–Crippen MR) is 97.2 cm³/mol. The molecule has 0 aromatic carbocycles. The van der Waals surface area contributed by atoms with Crippen LogP contribution in [-0.4, -0.2) is 66.8 Å². The summed E-state index contributed by atoms with van der Waals surface area (Å²) in [4.78, 5) is 25.9. The summed E-state index contributed by atoms with van der Waals surface area (Å²) in [6.45, 7) is 3.65. The molecule has 3 N–H and O–H groups in total. The highest BCUT2D eigenvalue weighted by Crippen LogP contribution is 2.18. The van der Waals surface area contributed by atoms with Crippen molar-refractivity contribution in [1.82, 2.24) is 25.3 Å². The van der Waals surface area contributed by atoms with E-state index in [9.17, 15) is 9.59 Å². The first kappa shape index (κ1) is 19.4. The zero-order valence-electron chi connectivity index (χ0n) is 15.3. The van der Waals surface area contributed by atoms with E-state index in [1.165, 1.54) is 4.68 Å². The Morgan fingerprint density at radius 1 is 1.32 bits per heavy atom. The number of hydrogen-bond acceptors (Lipinski definition) is 5. The van der Waals surface area contributed by atoms with E-state index < -0.39 is 0 Å². The average Bonchev–Trinajstić information content (AvgIpc) is 3.00. The second kappa shape index (κ2) is 10.1. The Balaban J connectivity index is 1.67. The molecule has 0 unspecified atom stereocenters. The van der Waals surface area contributed by atoms with Crippen LogP contribution in [0.25, 0.3) is 0 Å². The van der Waals surface area contributed by atoms with Gasteiger partial charge in [-0.3, -0.25) is 14.3 Å². The molecule has 0 saturated carbocycles. The van der Waals surface area contributed by atoms with E-state index in [0.717, 1.165) is 38.9 Å². The number of hydrogen-bond donors (Lipinski definition) is 3. The molecule has 25 heavy (non-hydrogen) atoms. The minimum absolute atomic E-state index is 0.00789. The second-order valence-corrected chi connectivity index (χ2v) is 6.86. The van der Waals surface area contributed by atoms with Crippen LogP contribution in [0.2, 0.25) is 0 Å². The minimum atomic E-state index is -0.0891. The van der Waals surface area contributed by atoms with E-state index in [1.54, 1.807) is 12.4 Å². The van der Waals surface area contributed by atoms with Gasteiger partial charge in [-0.1, -0.05) is 0 Å². The molecule has 1 saturated heterocycles. The molecule has 2 rings (SSSR count). The fourth-order valence-electron chi connectivity index (χ4n) is 2.87. The van der Waals surface area contributed by atoms with Crippen molar-refractivity contribution in [2.24, 2.45) is 5.92 Å². The van der Waals surface area contributed by atoms with Gasteiger partial charge in [0, 0.05) is 25.7 Å². The van der Waals surface area contributed by atoms with Crippen LogP contribution in [0.15, 0.2) is 12.4 Å². The van der Waals surface area contributed by atoms with Crippen LogP contribution in [0.3, 0.4) is 0 Å². The number of nitrogens with one attached hydrogen (secondary N) is 3. The molecule has 1 fully saturated rings. The molecule has 0 aliphatic carbocycles. The Morgan fingerprint density at radius 3 is 2.80 bits per heavy atom. The Kier molecular flexibility index (Phi) is 7.87. The fraction of sp³-hybridized carbons (Fsp3) is 0.706. The van der Waals surface area contributed by atoms with E-state index in [2.05, 4.69) is 21.0 Å². The van der Waals surface area contributed by atoms with E-state index in [0.29, 0.717) is 24.6 Å². The Hall–Kier alpha value is -1.93. The first-order valence-electron chi connectivity index (χ1n) is 8.97. The van der Waals surface area contributed by atoms with Crippen LogP contribution in [0.5, 0.6) is 0 Å². The van der Waals surface area contributed by atoms with Gasteiger partial charge in [0.05, 0.1) is 11.9 Å². The molecule has 1 aliphatic rings. The number of likely N-dealkylation sites (N-methyl/N-ethyl adjacent to an activating group) is 1. The third kappa shape index (κ3) is 7.66. The van der Waals surface area contributed by atoms with Crippen LogP contribution < -0.4 is 16.0 Å². The number of rotatable bonds is 9. The van der Waals surface area contributed by atoms with Gasteiger partial charge in [-0.05, 0) is 52.4 Å². The van der Waals surface area contributed by atoms with Crippen molar-refractivity contribution >= 4 is 17.5 Å². The molecule has 2 amide bonds. The van der Waals surface area contributed by atoms with E-state index in [1.807, 2.05) is 19.0 Å². The van der Waals surface area contributed by atoms with Crippen molar-refractivity contribution in [3.63, 3.8) is 0 Å². The van der Waals surface area contributed by atoms with Crippen molar-refractivity contribution < 1.29 is 9.59 Å². The van der Waals surface area contributed by atoms with E-state index in [4.69, 9.17) is 0 Å². The van der Waals surface area contributed by atoms with Crippen molar-refractivity contribution in [2.45, 2.75) is 32.2 Å². The van der Waals surface area contributed by atoms with Gasteiger partial charge in [0.1, 0.15) is 6.54 Å². The van der Waals surface area contributed by atoms with E-state index in [-0.39, 0.29) is 18.4 Å². The molecule has 140 valence electrons. The van der Waals surface area contributed by atoms with Gasteiger partial charge in [-0.15, -0.1) is 0 Å². The topological polar surface area (TPSA) is 91.3 Å². The maximum Gasteiger partial charge on any atom is 0.241 e. The number of anilines is 1. The van der Waals surface area contributed by atoms with Crippen LogP contribution in [-0.2, 0) is 16.1 Å². The minimum Gasteiger partial charge on any atom is -0.353 e. The summed E-state index contributed by atoms with van der Waals surface area (Å²) in [6, 6.07) is 0. The third-order valence-electron chi connectivity index (χ3n) is 4.34. The van der Waals surface area contributed by atoms with Gasteiger partial charge in [0.25, 0.3) is 0 Å². The molecule has 1 aromatic heterocycles. The van der Waals surface area contributed by atoms with Gasteiger partial charge in [-0.2, -0.15) is 5.10 Å². The van der Waals surface area contributed by atoms with Crippen molar-refractivity contribution in [3.8, 4) is 0 Å². The molecule has 8 heteroatoms. The second-order valence-electron chi connectivity index (χ2n) is 6.86. The molecule has 8 nitrogen and oxygen atoms in total. The predicted octanol–water partition coefficient (Wildman–Crippen LogP) is 0.279. The monoisotopic (exact) mass is 350 g/mol. The standard InChI is InChI=1S/C17H30N6O2/c1-22(2)10-9-19-17(25)13-23-12-15(11-20-23)21-16(24)4-3-14-5-7-18-8-6-14/h11-12,14,18H,3-10,13H2,1-2H3,(H,19,25)(H,21,24). The molecule has 0 spiro atoms. The molecule has 0 bridgehead atoms. The van der Waals surface area contributed by atoms with Gasteiger partial charge >= 0.3 is 0 Å². The highest BCUT2D eigenvalue weighted by atomic mass is 16.2. The van der Waals surface area contributed by atoms with Crippen LogP contribution in [0.1, 0.15) is 25.7 Å². The molecule has 0 radical (unpaired) electrons. The summed E-state index contributed by atoms with van der Waals surface area (Å²) >= 11 is 0. The Morgan fingerprint density at radius 2 is 2.08 bits per heavy atom. The smallest absolute Gasteiger partial charge is 0.241 e. The first-order chi connectivity index (χ1) is 12.0. The quantitative estimate of drug-likeness (QED) is 0.595. The summed E-state index contributed by atoms with van der Waals surface area (Å²) in [6.07, 6.45) is 7.02. The normalized spacial score (nSPS) is 15.3. The molecule has 1 aliphatic heterocycles. The lowest BCUT2D eigenvalue weighted by Crippen LogP contribution is -2.33. The van der Waals surface area contributed by atoms with Crippen molar-refractivity contribution in [2.75, 3.05) is 45.6 Å². The summed E-state index contributed by atoms with van der Waals surface area (Å²) in [5, 5.41) is 13.1. The maximum atomic E-state index is 12.0. The fourth-order valence-corrected chi connectivity index (χ4v) is 2.87. The zero-order chi connectivity index (χ0) is 18.1. The first-order valence-corrected chi connectivity index (χ1v) is 8.97. The number of aromatic nitrogens is 2. The molecule has 2 heterocycles. The summed E-state index contributed by atoms with van der Waals surface area (Å²) in [5.74, 6) is 0.558. The number of piperidine rings is 1.